The molecule has 1 aromatic carbocycles. The molecule has 0 bridgehead atoms. The zero-order valence-corrected chi connectivity index (χ0v) is 11.0. The van der Waals surface area contributed by atoms with Crippen LogP contribution in [-0.4, -0.2) is 7.05 Å². The molecule has 2 aromatic rings. The van der Waals surface area contributed by atoms with Crippen molar-refractivity contribution in [2.45, 2.75) is 26.3 Å². The van der Waals surface area contributed by atoms with Crippen LogP contribution < -0.4 is 5.32 Å². The van der Waals surface area contributed by atoms with Crippen molar-refractivity contribution in [1.82, 2.24) is 5.32 Å². The summed E-state index contributed by atoms with van der Waals surface area (Å²) in [7, 11) is 2.06. The maximum absolute atomic E-state index is 3.44. The van der Waals surface area contributed by atoms with Crippen LogP contribution in [0.4, 0.5) is 0 Å². The number of benzene rings is 1. The molecule has 0 fully saturated rings. The van der Waals surface area contributed by atoms with E-state index in [9.17, 15) is 0 Å². The summed E-state index contributed by atoms with van der Waals surface area (Å²) < 4.78 is 1.43. The lowest BCUT2D eigenvalue weighted by Gasteiger charge is -2.19. The SMILES string of the molecule is CNC(CC(C)C)c1cccc2ccsc12. The van der Waals surface area contributed by atoms with Crippen molar-refractivity contribution in [3.63, 3.8) is 0 Å². The Bertz CT molecular complexity index is 458. The fourth-order valence-corrected chi connectivity index (χ4v) is 3.13. The Morgan fingerprint density at radius 3 is 2.75 bits per heavy atom. The molecule has 86 valence electrons. The van der Waals surface area contributed by atoms with Gasteiger partial charge in [0.05, 0.1) is 0 Å². The normalized spacial score (nSPS) is 13.5. The molecule has 0 spiro atoms. The Balaban J connectivity index is 2.40. The van der Waals surface area contributed by atoms with E-state index < -0.39 is 0 Å². The van der Waals surface area contributed by atoms with Crippen LogP contribution in [0, 0.1) is 5.92 Å². The van der Waals surface area contributed by atoms with Gasteiger partial charge < -0.3 is 5.32 Å². The lowest BCUT2D eigenvalue weighted by atomic mass is 9.96. The van der Waals surface area contributed by atoms with Gasteiger partial charge in [-0.1, -0.05) is 32.0 Å². The van der Waals surface area contributed by atoms with Crippen molar-refractivity contribution < 1.29 is 0 Å². The smallest absolute Gasteiger partial charge is 0.0390 e. The molecule has 2 rings (SSSR count). The Morgan fingerprint density at radius 2 is 2.06 bits per heavy atom. The number of thiophene rings is 1. The predicted molar refractivity (Wildman–Crippen MR) is 73.1 cm³/mol. The minimum atomic E-state index is 0.474. The van der Waals surface area contributed by atoms with Crippen LogP contribution in [-0.2, 0) is 0 Å². The highest BCUT2D eigenvalue weighted by Gasteiger charge is 2.14. The number of nitrogens with one attached hydrogen (secondary N) is 1. The molecule has 0 radical (unpaired) electrons. The largest absolute Gasteiger partial charge is 0.313 e. The van der Waals surface area contributed by atoms with E-state index in [0.29, 0.717) is 12.0 Å². The first-order valence-corrected chi connectivity index (χ1v) is 6.73. The van der Waals surface area contributed by atoms with Crippen LogP contribution in [0.25, 0.3) is 10.1 Å². The second-order valence-electron chi connectivity index (χ2n) is 4.66. The summed E-state index contributed by atoms with van der Waals surface area (Å²) >= 11 is 1.84. The van der Waals surface area contributed by atoms with Gasteiger partial charge in [0.1, 0.15) is 0 Å². The highest BCUT2D eigenvalue weighted by Crippen LogP contribution is 2.31. The van der Waals surface area contributed by atoms with E-state index >= 15 is 0 Å². The van der Waals surface area contributed by atoms with Crippen molar-refractivity contribution in [2.75, 3.05) is 7.05 Å². The Hall–Kier alpha value is -0.860. The van der Waals surface area contributed by atoms with Crippen molar-refractivity contribution in [1.29, 1.82) is 0 Å². The molecular weight excluding hydrogens is 214 g/mol. The molecule has 0 saturated heterocycles. The fraction of sp³-hybridized carbons (Fsp3) is 0.429. The first-order valence-electron chi connectivity index (χ1n) is 5.85. The second kappa shape index (κ2) is 4.98. The Labute approximate surface area is 101 Å². The maximum Gasteiger partial charge on any atom is 0.0390 e. The topological polar surface area (TPSA) is 12.0 Å². The molecule has 0 aliphatic carbocycles. The van der Waals surface area contributed by atoms with Crippen LogP contribution in [0.2, 0.25) is 0 Å². The summed E-state index contributed by atoms with van der Waals surface area (Å²) in [4.78, 5) is 0. The van der Waals surface area contributed by atoms with Gasteiger partial charge in [-0.3, -0.25) is 0 Å². The summed E-state index contributed by atoms with van der Waals surface area (Å²) in [5, 5.41) is 6.98. The first kappa shape index (κ1) is 11.6. The first-order chi connectivity index (χ1) is 7.72. The summed E-state index contributed by atoms with van der Waals surface area (Å²) in [6, 6.07) is 9.28. The molecule has 1 aromatic heterocycles. The Morgan fingerprint density at radius 1 is 1.25 bits per heavy atom. The van der Waals surface area contributed by atoms with E-state index in [2.05, 4.69) is 55.9 Å². The van der Waals surface area contributed by atoms with Crippen molar-refractivity contribution in [3.05, 3.63) is 35.2 Å². The molecular formula is C14H19NS. The molecule has 1 N–H and O–H groups in total. The van der Waals surface area contributed by atoms with Crippen LogP contribution in [0.1, 0.15) is 31.9 Å². The third-order valence-electron chi connectivity index (χ3n) is 2.94. The highest BCUT2D eigenvalue weighted by molar-refractivity contribution is 7.17. The predicted octanol–water partition coefficient (Wildman–Crippen LogP) is 4.21. The molecule has 0 aliphatic rings. The van der Waals surface area contributed by atoms with Crippen LogP contribution in [0.5, 0.6) is 0 Å². The summed E-state index contributed by atoms with van der Waals surface area (Å²) in [5.41, 5.74) is 1.45. The molecule has 2 heteroatoms. The molecule has 0 amide bonds. The van der Waals surface area contributed by atoms with Crippen molar-refractivity contribution in [2.24, 2.45) is 5.92 Å². The summed E-state index contributed by atoms with van der Waals surface area (Å²) in [5.74, 6) is 0.715. The van der Waals surface area contributed by atoms with Gasteiger partial charge >= 0.3 is 0 Å². The number of rotatable bonds is 4. The van der Waals surface area contributed by atoms with Gasteiger partial charge in [-0.15, -0.1) is 11.3 Å². The van der Waals surface area contributed by atoms with Gasteiger partial charge in [0.15, 0.2) is 0 Å². The molecule has 1 unspecified atom stereocenters. The number of hydrogen-bond donors (Lipinski definition) is 1. The molecule has 1 heterocycles. The molecule has 16 heavy (non-hydrogen) atoms. The van der Waals surface area contributed by atoms with Gasteiger partial charge in [0, 0.05) is 10.7 Å². The lowest BCUT2D eigenvalue weighted by molar-refractivity contribution is 0.459. The van der Waals surface area contributed by atoms with Crippen molar-refractivity contribution >= 4 is 21.4 Å². The van der Waals surface area contributed by atoms with E-state index in [0.717, 1.165) is 0 Å². The summed E-state index contributed by atoms with van der Waals surface area (Å²) in [6.07, 6.45) is 1.19. The van der Waals surface area contributed by atoms with Gasteiger partial charge in [0.2, 0.25) is 0 Å². The van der Waals surface area contributed by atoms with Crippen LogP contribution >= 0.6 is 11.3 Å². The fourth-order valence-electron chi connectivity index (χ4n) is 2.16. The van der Waals surface area contributed by atoms with Gasteiger partial charge in [-0.05, 0) is 41.8 Å². The third-order valence-corrected chi connectivity index (χ3v) is 3.92. The van der Waals surface area contributed by atoms with Crippen molar-refractivity contribution in [3.8, 4) is 0 Å². The van der Waals surface area contributed by atoms with Gasteiger partial charge in [0.25, 0.3) is 0 Å². The van der Waals surface area contributed by atoms with Gasteiger partial charge in [-0.25, -0.2) is 0 Å². The zero-order valence-electron chi connectivity index (χ0n) is 10.2. The molecule has 1 atom stereocenters. The number of fused-ring (bicyclic) bond motifs is 1. The second-order valence-corrected chi connectivity index (χ2v) is 5.57. The third kappa shape index (κ3) is 2.28. The minimum Gasteiger partial charge on any atom is -0.313 e. The monoisotopic (exact) mass is 233 g/mol. The lowest BCUT2D eigenvalue weighted by Crippen LogP contribution is -2.18. The Kier molecular flexibility index (Phi) is 3.62. The summed E-state index contributed by atoms with van der Waals surface area (Å²) in [6.45, 7) is 4.55. The van der Waals surface area contributed by atoms with Gasteiger partial charge in [-0.2, -0.15) is 0 Å². The minimum absolute atomic E-state index is 0.474. The van der Waals surface area contributed by atoms with E-state index in [4.69, 9.17) is 0 Å². The van der Waals surface area contributed by atoms with Crippen LogP contribution in [0.15, 0.2) is 29.6 Å². The number of hydrogen-bond acceptors (Lipinski definition) is 2. The van der Waals surface area contributed by atoms with E-state index in [1.807, 2.05) is 11.3 Å². The van der Waals surface area contributed by atoms with E-state index in [1.165, 1.54) is 22.1 Å². The maximum atomic E-state index is 3.44. The zero-order chi connectivity index (χ0) is 11.5. The molecule has 1 nitrogen and oxygen atoms in total. The van der Waals surface area contributed by atoms with Crippen LogP contribution in [0.3, 0.4) is 0 Å². The average Bonchev–Trinajstić information content (AvgIpc) is 2.73. The quantitative estimate of drug-likeness (QED) is 0.834. The molecule has 0 saturated carbocycles. The van der Waals surface area contributed by atoms with E-state index in [-0.39, 0.29) is 0 Å². The standard InChI is InChI=1S/C14H19NS/c1-10(2)9-13(15-3)12-6-4-5-11-7-8-16-14(11)12/h4-8,10,13,15H,9H2,1-3H3. The average molecular weight is 233 g/mol. The molecule has 0 aliphatic heterocycles. The highest BCUT2D eigenvalue weighted by atomic mass is 32.1. The van der Waals surface area contributed by atoms with E-state index in [1.54, 1.807) is 0 Å².